The number of nitrogens with one attached hydrogen (secondary N) is 2. The highest BCUT2D eigenvalue weighted by Crippen LogP contribution is 2.38. The van der Waals surface area contributed by atoms with Crippen LogP contribution >= 0.6 is 11.9 Å². The summed E-state index contributed by atoms with van der Waals surface area (Å²) in [4.78, 5) is 25.3. The lowest BCUT2D eigenvalue weighted by Crippen LogP contribution is -2.52. The topological polar surface area (TPSA) is 61.4 Å². The summed E-state index contributed by atoms with van der Waals surface area (Å²) in [5, 5.41) is 3.43. The summed E-state index contributed by atoms with van der Waals surface area (Å²) in [5.74, 6) is 0.103. The predicted molar refractivity (Wildman–Crippen MR) is 96.3 cm³/mol. The third-order valence-corrected chi connectivity index (χ3v) is 6.26. The molecule has 1 heterocycles. The molecule has 1 aliphatic heterocycles. The fraction of sp³-hybridized carbons (Fsp3) is 0.556. The van der Waals surface area contributed by atoms with Crippen LogP contribution in [0.5, 0.6) is 0 Å². The molecule has 6 heteroatoms. The van der Waals surface area contributed by atoms with Gasteiger partial charge in [-0.25, -0.2) is 4.79 Å². The van der Waals surface area contributed by atoms with Crippen LogP contribution in [0.1, 0.15) is 42.0 Å². The van der Waals surface area contributed by atoms with Crippen molar-refractivity contribution < 1.29 is 9.59 Å². The van der Waals surface area contributed by atoms with Crippen LogP contribution in [0, 0.1) is 0 Å². The van der Waals surface area contributed by atoms with Gasteiger partial charge in [-0.2, -0.15) is 0 Å². The molecule has 128 valence electrons. The van der Waals surface area contributed by atoms with E-state index in [0.717, 1.165) is 44.5 Å². The maximum Gasteiger partial charge on any atom is 0.329 e. The molecular formula is C18H23N3O2S. The van der Waals surface area contributed by atoms with Crippen molar-refractivity contribution in [1.29, 1.82) is 0 Å². The first-order valence-electron chi connectivity index (χ1n) is 8.76. The Labute approximate surface area is 146 Å². The number of amides is 3. The van der Waals surface area contributed by atoms with Gasteiger partial charge in [0.05, 0.1) is 5.25 Å². The van der Waals surface area contributed by atoms with Crippen molar-refractivity contribution in [3.8, 4) is 0 Å². The molecule has 0 saturated carbocycles. The molecule has 3 amide bonds. The largest absolute Gasteiger partial charge is 0.340 e. The van der Waals surface area contributed by atoms with E-state index in [9.17, 15) is 9.59 Å². The maximum atomic E-state index is 12.3. The van der Waals surface area contributed by atoms with Crippen molar-refractivity contribution in [1.82, 2.24) is 9.62 Å². The summed E-state index contributed by atoms with van der Waals surface area (Å²) in [5.41, 5.74) is 6.63. The maximum absolute atomic E-state index is 12.3. The van der Waals surface area contributed by atoms with Gasteiger partial charge in [-0.3, -0.25) is 9.52 Å². The van der Waals surface area contributed by atoms with Crippen LogP contribution in [0.3, 0.4) is 0 Å². The Balaban J connectivity index is 1.39. The molecular weight excluding hydrogens is 322 g/mol. The SMILES string of the molecule is CC(=O)N1CC(SNC(=O)Nc2c3c(cc4c2CCC4)CCC3)C1. The number of carbonyl (C=O) groups excluding carboxylic acids is 2. The number of rotatable bonds is 3. The van der Waals surface area contributed by atoms with Gasteiger partial charge in [0.25, 0.3) is 0 Å². The molecule has 0 bridgehead atoms. The summed E-state index contributed by atoms with van der Waals surface area (Å²) in [6.07, 6.45) is 6.79. The Hall–Kier alpha value is -1.69. The highest BCUT2D eigenvalue weighted by atomic mass is 32.2. The summed E-state index contributed by atoms with van der Waals surface area (Å²) in [6.45, 7) is 3.02. The fourth-order valence-electron chi connectivity index (χ4n) is 4.01. The van der Waals surface area contributed by atoms with Gasteiger partial charge in [0.2, 0.25) is 5.91 Å². The summed E-state index contributed by atoms with van der Waals surface area (Å²) in [7, 11) is 0. The smallest absolute Gasteiger partial charge is 0.329 e. The first-order chi connectivity index (χ1) is 11.6. The number of aryl methyl sites for hydroxylation is 2. The quantitative estimate of drug-likeness (QED) is 0.828. The van der Waals surface area contributed by atoms with E-state index in [-0.39, 0.29) is 11.9 Å². The lowest BCUT2D eigenvalue weighted by molar-refractivity contribution is -0.131. The molecule has 1 fully saturated rings. The molecule has 2 N–H and O–H groups in total. The third-order valence-electron chi connectivity index (χ3n) is 5.32. The Bertz CT molecular complexity index is 666. The highest BCUT2D eigenvalue weighted by Gasteiger charge is 2.30. The van der Waals surface area contributed by atoms with E-state index in [0.29, 0.717) is 5.25 Å². The van der Waals surface area contributed by atoms with Gasteiger partial charge in [-0.15, -0.1) is 0 Å². The molecule has 4 rings (SSSR count). The Morgan fingerprint density at radius 3 is 2.29 bits per heavy atom. The molecule has 5 nitrogen and oxygen atoms in total. The molecule has 1 aromatic carbocycles. The lowest BCUT2D eigenvalue weighted by Gasteiger charge is -2.37. The number of fused-ring (bicyclic) bond motifs is 2. The first kappa shape index (κ1) is 15.8. The van der Waals surface area contributed by atoms with E-state index >= 15 is 0 Å². The minimum atomic E-state index is -0.143. The minimum Gasteiger partial charge on any atom is -0.340 e. The summed E-state index contributed by atoms with van der Waals surface area (Å²) < 4.78 is 2.90. The first-order valence-corrected chi connectivity index (χ1v) is 9.64. The number of benzene rings is 1. The van der Waals surface area contributed by atoms with Crippen molar-refractivity contribution in [2.75, 3.05) is 18.4 Å². The zero-order valence-electron chi connectivity index (χ0n) is 14.0. The molecule has 2 aliphatic carbocycles. The Kier molecular flexibility index (Phi) is 4.16. The molecule has 0 radical (unpaired) electrons. The standard InChI is InChI=1S/C18H23N3O2S/c1-11(22)21-9-14(10-21)24-20-18(23)19-17-15-6-2-4-12(15)8-13-5-3-7-16(13)17/h8,14H,2-7,9-10H2,1H3,(H2,19,20,23). The van der Waals surface area contributed by atoms with E-state index in [1.165, 1.54) is 47.0 Å². The van der Waals surface area contributed by atoms with Crippen LogP contribution in [0.25, 0.3) is 0 Å². The molecule has 0 atom stereocenters. The molecule has 1 saturated heterocycles. The number of hydrogen-bond donors (Lipinski definition) is 2. The molecule has 3 aliphatic rings. The summed E-state index contributed by atoms with van der Waals surface area (Å²) >= 11 is 1.42. The number of likely N-dealkylation sites (tertiary alicyclic amines) is 1. The van der Waals surface area contributed by atoms with Gasteiger partial charge in [0.15, 0.2) is 0 Å². The molecule has 0 aromatic heterocycles. The average molecular weight is 345 g/mol. The van der Waals surface area contributed by atoms with Crippen LogP contribution < -0.4 is 10.0 Å². The predicted octanol–water partition coefficient (Wildman–Crippen LogP) is 2.66. The monoisotopic (exact) mass is 345 g/mol. The second-order valence-corrected chi connectivity index (χ2v) is 8.06. The molecule has 24 heavy (non-hydrogen) atoms. The number of hydrogen-bond acceptors (Lipinski definition) is 3. The van der Waals surface area contributed by atoms with Crippen molar-refractivity contribution >= 4 is 29.6 Å². The van der Waals surface area contributed by atoms with E-state index < -0.39 is 0 Å². The normalized spacial score (nSPS) is 18.8. The van der Waals surface area contributed by atoms with E-state index in [2.05, 4.69) is 16.1 Å². The number of urea groups is 1. The van der Waals surface area contributed by atoms with Crippen molar-refractivity contribution in [3.05, 3.63) is 28.3 Å². The average Bonchev–Trinajstić information content (AvgIpc) is 3.13. The van der Waals surface area contributed by atoms with Crippen LogP contribution in [0.15, 0.2) is 6.07 Å². The van der Waals surface area contributed by atoms with E-state index in [4.69, 9.17) is 0 Å². The zero-order chi connectivity index (χ0) is 16.7. The Morgan fingerprint density at radius 2 is 1.71 bits per heavy atom. The van der Waals surface area contributed by atoms with Crippen LogP contribution in [0.4, 0.5) is 10.5 Å². The minimum absolute atomic E-state index is 0.103. The van der Waals surface area contributed by atoms with Gasteiger partial charge in [-0.1, -0.05) is 6.07 Å². The molecule has 1 aromatic rings. The summed E-state index contributed by atoms with van der Waals surface area (Å²) in [6, 6.07) is 2.23. The van der Waals surface area contributed by atoms with Crippen LogP contribution in [0.2, 0.25) is 0 Å². The van der Waals surface area contributed by atoms with Gasteiger partial charge in [-0.05, 0) is 72.7 Å². The Morgan fingerprint density at radius 1 is 1.08 bits per heavy atom. The molecule has 0 unspecified atom stereocenters. The number of nitrogens with zero attached hydrogens (tertiary/aromatic N) is 1. The third kappa shape index (κ3) is 2.88. The van der Waals surface area contributed by atoms with Crippen molar-refractivity contribution in [2.24, 2.45) is 0 Å². The van der Waals surface area contributed by atoms with Gasteiger partial charge >= 0.3 is 6.03 Å². The van der Waals surface area contributed by atoms with Crippen molar-refractivity contribution in [3.63, 3.8) is 0 Å². The highest BCUT2D eigenvalue weighted by molar-refractivity contribution is 7.98. The second kappa shape index (κ2) is 6.31. The second-order valence-electron chi connectivity index (χ2n) is 6.95. The van der Waals surface area contributed by atoms with Crippen LogP contribution in [-0.2, 0) is 30.5 Å². The van der Waals surface area contributed by atoms with Gasteiger partial charge in [0.1, 0.15) is 0 Å². The lowest BCUT2D eigenvalue weighted by atomic mass is 9.99. The van der Waals surface area contributed by atoms with Crippen LogP contribution in [-0.4, -0.2) is 35.2 Å². The van der Waals surface area contributed by atoms with Crippen molar-refractivity contribution in [2.45, 2.75) is 50.7 Å². The zero-order valence-corrected chi connectivity index (χ0v) is 14.8. The number of carbonyl (C=O) groups is 2. The van der Waals surface area contributed by atoms with E-state index in [1.54, 1.807) is 11.8 Å². The van der Waals surface area contributed by atoms with Gasteiger partial charge in [0, 0.05) is 25.7 Å². The fourth-order valence-corrected chi connectivity index (χ4v) is 4.85. The van der Waals surface area contributed by atoms with E-state index in [1.807, 2.05) is 0 Å². The number of anilines is 1. The molecule has 0 spiro atoms. The van der Waals surface area contributed by atoms with Gasteiger partial charge < -0.3 is 10.2 Å².